The number of ether oxygens (including phenoxy) is 2. The molecule has 244 valence electrons. The quantitative estimate of drug-likeness (QED) is 0.258. The number of carbonyl (C=O) groups excluding carboxylic acids is 2. The molecule has 2 fully saturated rings. The number of rotatable bonds is 8. The average Bonchev–Trinajstić information content (AvgIpc) is 3.46. The first-order chi connectivity index (χ1) is 22.1. The van der Waals surface area contributed by atoms with E-state index < -0.39 is 13.7 Å². The molecule has 0 saturated carbocycles. The molecule has 0 unspecified atom stereocenters. The summed E-state index contributed by atoms with van der Waals surface area (Å²) in [5, 5.41) is 11.4. The fraction of sp³-hybridized carbons (Fsp3) is 0.459. The number of fused-ring (bicyclic) bond motifs is 2. The molecule has 1 spiro atoms. The second-order valence-corrected chi connectivity index (χ2v) is 19.2. The maximum absolute atomic E-state index is 14.9. The highest BCUT2D eigenvalue weighted by atomic mass is 79.9. The van der Waals surface area contributed by atoms with Crippen LogP contribution in [0.5, 0.6) is 5.75 Å². The predicted molar refractivity (Wildman–Crippen MR) is 188 cm³/mol. The number of hydrogen-bond donors (Lipinski definition) is 1. The van der Waals surface area contributed by atoms with Crippen LogP contribution in [0.15, 0.2) is 71.2 Å². The average molecular weight is 706 g/mol. The Hall–Kier alpha value is -2.98. The van der Waals surface area contributed by atoms with Gasteiger partial charge in [0.15, 0.2) is 5.60 Å². The number of nitrogens with zero attached hydrogens (tertiary/aromatic N) is 2. The van der Waals surface area contributed by atoms with Crippen molar-refractivity contribution in [2.45, 2.75) is 82.3 Å². The third-order valence-electron chi connectivity index (χ3n) is 10.6. The van der Waals surface area contributed by atoms with Crippen LogP contribution in [0.3, 0.4) is 0 Å². The molecule has 1 N–H and O–H groups in total. The van der Waals surface area contributed by atoms with Crippen molar-refractivity contribution in [3.8, 4) is 5.75 Å². The first-order valence-corrected chi connectivity index (χ1v) is 20.4. The SMILES string of the molecule is COc1ccc([Si](C)(C)[C@H]2[C@H](CCO)O[C@@]3(C(=O)N(Cc4ccc(N5CCCCCCC5=O)cc4)c4ccc(Br)cc43)[C@@H]2C)cc1. The van der Waals surface area contributed by atoms with Gasteiger partial charge < -0.3 is 24.4 Å². The largest absolute Gasteiger partial charge is 0.497 e. The number of hydrogen-bond acceptors (Lipinski definition) is 5. The Kier molecular flexibility index (Phi) is 9.49. The van der Waals surface area contributed by atoms with Gasteiger partial charge in [-0.15, -0.1) is 0 Å². The van der Waals surface area contributed by atoms with Gasteiger partial charge in [-0.05, 0) is 72.8 Å². The molecule has 4 atom stereocenters. The molecule has 7 nitrogen and oxygen atoms in total. The lowest BCUT2D eigenvalue weighted by molar-refractivity contribution is -0.146. The van der Waals surface area contributed by atoms with Crippen molar-refractivity contribution in [2.24, 2.45) is 5.92 Å². The van der Waals surface area contributed by atoms with E-state index in [0.29, 0.717) is 19.4 Å². The number of halogens is 1. The maximum Gasteiger partial charge on any atom is 0.264 e. The third-order valence-corrected chi connectivity index (χ3v) is 15.5. The van der Waals surface area contributed by atoms with Crippen molar-refractivity contribution in [1.82, 2.24) is 0 Å². The normalized spacial score (nSPS) is 25.1. The van der Waals surface area contributed by atoms with E-state index in [4.69, 9.17) is 9.47 Å². The fourth-order valence-electron chi connectivity index (χ4n) is 8.24. The molecule has 0 aliphatic carbocycles. The molecule has 0 radical (unpaired) electrons. The standard InChI is InChI=1S/C37H45BrN2O5Si/c1-25-35(46(3,4)30-17-15-29(44-2)16-18-30)33(20-22-41)45-37(25)31-23-27(38)12-19-32(31)40(36(37)43)24-26-10-13-28(14-11-26)39-21-8-6-5-7-9-34(39)42/h10-19,23,25,33,35,41H,5-9,20-22,24H2,1-4H3/t25-,33+,35-,37+/m1/s1. The molecular weight excluding hydrogens is 660 g/mol. The van der Waals surface area contributed by atoms with E-state index in [1.807, 2.05) is 64.4 Å². The maximum atomic E-state index is 14.9. The van der Waals surface area contributed by atoms with Crippen molar-refractivity contribution in [1.29, 1.82) is 0 Å². The first-order valence-electron chi connectivity index (χ1n) is 16.6. The van der Waals surface area contributed by atoms with Crippen molar-refractivity contribution in [2.75, 3.05) is 30.1 Å². The van der Waals surface area contributed by atoms with Gasteiger partial charge in [-0.25, -0.2) is 0 Å². The van der Waals surface area contributed by atoms with Crippen LogP contribution in [-0.4, -0.2) is 51.4 Å². The summed E-state index contributed by atoms with van der Waals surface area (Å²) >= 11 is 3.67. The lowest BCUT2D eigenvalue weighted by Crippen LogP contribution is -2.51. The van der Waals surface area contributed by atoms with E-state index in [1.54, 1.807) is 7.11 Å². The minimum absolute atomic E-state index is 0.00776. The summed E-state index contributed by atoms with van der Waals surface area (Å²) in [6, 6.07) is 22.4. The topological polar surface area (TPSA) is 79.3 Å². The number of aliphatic hydroxyl groups is 1. The lowest BCUT2D eigenvalue weighted by atomic mass is 9.82. The molecule has 2 saturated heterocycles. The van der Waals surface area contributed by atoms with Gasteiger partial charge in [-0.2, -0.15) is 0 Å². The Labute approximate surface area is 282 Å². The van der Waals surface area contributed by atoms with Gasteiger partial charge in [0.25, 0.3) is 5.91 Å². The third kappa shape index (κ3) is 5.74. The summed E-state index contributed by atoms with van der Waals surface area (Å²) in [5.41, 5.74) is 2.57. The summed E-state index contributed by atoms with van der Waals surface area (Å²) in [4.78, 5) is 31.5. The number of methoxy groups -OCH3 is 1. The summed E-state index contributed by atoms with van der Waals surface area (Å²) in [5.74, 6) is 0.818. The van der Waals surface area contributed by atoms with Crippen molar-refractivity contribution in [3.63, 3.8) is 0 Å². The number of amides is 2. The Morgan fingerprint density at radius 1 is 1.00 bits per heavy atom. The Bertz CT molecular complexity index is 1580. The van der Waals surface area contributed by atoms with Gasteiger partial charge in [0, 0.05) is 41.2 Å². The Morgan fingerprint density at radius 3 is 2.41 bits per heavy atom. The Balaban J connectivity index is 1.33. The zero-order valence-corrected chi connectivity index (χ0v) is 29.9. The smallest absolute Gasteiger partial charge is 0.264 e. The first kappa shape index (κ1) is 32.9. The minimum atomic E-state index is -2.24. The van der Waals surface area contributed by atoms with E-state index >= 15 is 0 Å². The summed E-state index contributed by atoms with van der Waals surface area (Å²) in [7, 11) is -0.570. The molecule has 3 aliphatic rings. The molecule has 9 heteroatoms. The zero-order valence-electron chi connectivity index (χ0n) is 27.3. The van der Waals surface area contributed by atoms with E-state index in [-0.39, 0.29) is 36.0 Å². The summed E-state index contributed by atoms with van der Waals surface area (Å²) in [6.45, 7) is 8.00. The summed E-state index contributed by atoms with van der Waals surface area (Å²) < 4.78 is 13.3. The lowest BCUT2D eigenvalue weighted by Gasteiger charge is -2.37. The van der Waals surface area contributed by atoms with Crippen LogP contribution < -0.4 is 19.7 Å². The molecule has 46 heavy (non-hydrogen) atoms. The molecule has 2 amide bonds. The van der Waals surface area contributed by atoms with E-state index in [9.17, 15) is 14.7 Å². The highest BCUT2D eigenvalue weighted by Crippen LogP contribution is 2.60. The monoisotopic (exact) mass is 704 g/mol. The van der Waals surface area contributed by atoms with Gasteiger partial charge in [0.2, 0.25) is 5.91 Å². The molecule has 3 aromatic rings. The second-order valence-electron chi connectivity index (χ2n) is 13.6. The predicted octanol–water partition coefficient (Wildman–Crippen LogP) is 6.90. The summed E-state index contributed by atoms with van der Waals surface area (Å²) in [6.07, 6.45) is 5.02. The zero-order chi connectivity index (χ0) is 32.6. The van der Waals surface area contributed by atoms with Gasteiger partial charge >= 0.3 is 0 Å². The fourth-order valence-corrected chi connectivity index (χ4v) is 12.7. The molecular formula is C37H45BrN2O5Si. The molecule has 3 heterocycles. The van der Waals surface area contributed by atoms with Crippen molar-refractivity contribution >= 4 is 52.4 Å². The van der Waals surface area contributed by atoms with Crippen LogP contribution in [0.1, 0.15) is 56.6 Å². The van der Waals surface area contributed by atoms with Gasteiger partial charge in [0.05, 0.1) is 33.5 Å². The highest BCUT2D eigenvalue weighted by molar-refractivity contribution is 9.10. The Morgan fingerprint density at radius 2 is 1.72 bits per heavy atom. The molecule has 3 aliphatic heterocycles. The van der Waals surface area contributed by atoms with E-state index in [1.165, 1.54) is 5.19 Å². The van der Waals surface area contributed by atoms with E-state index in [0.717, 1.165) is 65.0 Å². The van der Waals surface area contributed by atoms with Gasteiger partial charge in [-0.3, -0.25) is 9.59 Å². The van der Waals surface area contributed by atoms with Crippen LogP contribution in [0.2, 0.25) is 18.6 Å². The van der Waals surface area contributed by atoms with Crippen LogP contribution in [0.4, 0.5) is 11.4 Å². The number of anilines is 2. The van der Waals surface area contributed by atoms with Crippen molar-refractivity contribution in [3.05, 3.63) is 82.3 Å². The molecule has 6 rings (SSSR count). The minimum Gasteiger partial charge on any atom is -0.497 e. The molecule has 0 bridgehead atoms. The molecule has 0 aromatic heterocycles. The van der Waals surface area contributed by atoms with Crippen LogP contribution in [0, 0.1) is 5.92 Å². The van der Waals surface area contributed by atoms with Crippen LogP contribution in [0.25, 0.3) is 0 Å². The van der Waals surface area contributed by atoms with E-state index in [2.05, 4.69) is 48.1 Å². The van der Waals surface area contributed by atoms with Gasteiger partial charge in [0.1, 0.15) is 5.75 Å². The number of carbonyl (C=O) groups is 2. The van der Waals surface area contributed by atoms with Crippen molar-refractivity contribution < 1.29 is 24.2 Å². The van der Waals surface area contributed by atoms with Crippen LogP contribution in [-0.2, 0) is 26.5 Å². The molecule has 3 aromatic carbocycles. The number of aliphatic hydroxyl groups excluding tert-OH is 1. The second kappa shape index (κ2) is 13.3. The highest BCUT2D eigenvalue weighted by Gasteiger charge is 2.66. The van der Waals surface area contributed by atoms with Crippen LogP contribution >= 0.6 is 15.9 Å². The van der Waals surface area contributed by atoms with Gasteiger partial charge in [-0.1, -0.05) is 78.2 Å². The number of benzene rings is 3.